The Morgan fingerprint density at radius 2 is 1.20 bits per heavy atom. The van der Waals surface area contributed by atoms with E-state index in [2.05, 4.69) is 53.4 Å². The highest BCUT2D eigenvalue weighted by molar-refractivity contribution is 5.02. The van der Waals surface area contributed by atoms with Crippen molar-refractivity contribution in [2.24, 2.45) is 10.8 Å². The molecule has 0 heterocycles. The minimum atomic E-state index is 0.188. The van der Waals surface area contributed by atoms with Crippen LogP contribution >= 0.6 is 0 Å². The van der Waals surface area contributed by atoms with Crippen LogP contribution in [0.15, 0.2) is 12.3 Å². The molecule has 0 aliphatic heterocycles. The second kappa shape index (κ2) is 9.47. The van der Waals surface area contributed by atoms with Crippen molar-refractivity contribution < 1.29 is 0 Å². The Hall–Kier alpha value is -0.460. The molecular weight excluding hydrogens is 242 g/mol. The summed E-state index contributed by atoms with van der Waals surface area (Å²) < 4.78 is 0. The molecule has 1 N–H and O–H groups in total. The first-order valence-electron chi connectivity index (χ1n) is 8.56. The van der Waals surface area contributed by atoms with E-state index in [1.54, 1.807) is 0 Å². The van der Waals surface area contributed by atoms with Gasteiger partial charge in [0.15, 0.2) is 0 Å². The molecule has 20 heavy (non-hydrogen) atoms. The van der Waals surface area contributed by atoms with Crippen molar-refractivity contribution >= 4 is 0 Å². The van der Waals surface area contributed by atoms with Crippen LogP contribution in [-0.4, -0.2) is 6.54 Å². The fraction of sp³-hybridized carbons (Fsp3) is 0.895. The first kappa shape index (κ1) is 19.5. The third-order valence-corrected chi connectivity index (χ3v) is 3.85. The van der Waals surface area contributed by atoms with E-state index in [0.717, 1.165) is 6.54 Å². The van der Waals surface area contributed by atoms with E-state index in [1.807, 2.05) is 0 Å². The lowest BCUT2D eigenvalue weighted by Crippen LogP contribution is -2.24. The van der Waals surface area contributed by atoms with Crippen LogP contribution in [-0.2, 0) is 0 Å². The number of hydrogen-bond donors (Lipinski definition) is 1. The van der Waals surface area contributed by atoms with Gasteiger partial charge >= 0.3 is 0 Å². The van der Waals surface area contributed by atoms with Gasteiger partial charge in [0, 0.05) is 17.7 Å². The van der Waals surface area contributed by atoms with Gasteiger partial charge in [-0.05, 0) is 18.3 Å². The Labute approximate surface area is 128 Å². The van der Waals surface area contributed by atoms with Crippen LogP contribution in [0, 0.1) is 10.8 Å². The fourth-order valence-electron chi connectivity index (χ4n) is 2.17. The largest absolute Gasteiger partial charge is 0.388 e. The SMILES string of the molecule is C=C(NCCCCCCCCCC(C)(C)C)C(C)(C)C. The fourth-order valence-corrected chi connectivity index (χ4v) is 2.17. The van der Waals surface area contributed by atoms with Gasteiger partial charge < -0.3 is 5.32 Å². The summed E-state index contributed by atoms with van der Waals surface area (Å²) in [5.74, 6) is 0. The molecule has 120 valence electrons. The number of allylic oxidation sites excluding steroid dienone is 1. The number of nitrogens with one attached hydrogen (secondary N) is 1. The maximum atomic E-state index is 4.10. The summed E-state index contributed by atoms with van der Waals surface area (Å²) in [6, 6.07) is 0. The monoisotopic (exact) mass is 281 g/mol. The molecule has 1 nitrogen and oxygen atoms in total. The van der Waals surface area contributed by atoms with Crippen LogP contribution in [0.3, 0.4) is 0 Å². The van der Waals surface area contributed by atoms with Gasteiger partial charge in [0.2, 0.25) is 0 Å². The third-order valence-electron chi connectivity index (χ3n) is 3.85. The summed E-state index contributed by atoms with van der Waals surface area (Å²) in [6.07, 6.45) is 11.0. The van der Waals surface area contributed by atoms with Crippen molar-refractivity contribution in [2.45, 2.75) is 92.9 Å². The summed E-state index contributed by atoms with van der Waals surface area (Å²) in [5, 5.41) is 3.46. The maximum Gasteiger partial charge on any atom is 0.0143 e. The molecule has 0 aliphatic rings. The number of rotatable bonds is 10. The van der Waals surface area contributed by atoms with E-state index < -0.39 is 0 Å². The van der Waals surface area contributed by atoms with Crippen molar-refractivity contribution in [3.63, 3.8) is 0 Å². The molecule has 0 aromatic rings. The lowest BCUT2D eigenvalue weighted by molar-refractivity contribution is 0.356. The van der Waals surface area contributed by atoms with Crippen molar-refractivity contribution in [3.8, 4) is 0 Å². The Morgan fingerprint density at radius 1 is 0.750 bits per heavy atom. The molecule has 0 aromatic heterocycles. The first-order chi connectivity index (χ1) is 9.13. The van der Waals surface area contributed by atoms with Crippen LogP contribution in [0.2, 0.25) is 0 Å². The average molecular weight is 282 g/mol. The molecule has 1 heteroatoms. The molecular formula is C19H39N. The minimum absolute atomic E-state index is 0.188. The minimum Gasteiger partial charge on any atom is -0.388 e. The number of hydrogen-bond acceptors (Lipinski definition) is 1. The average Bonchev–Trinajstić information content (AvgIpc) is 2.28. The van der Waals surface area contributed by atoms with Crippen LogP contribution in [0.4, 0.5) is 0 Å². The molecule has 0 saturated carbocycles. The Balaban J connectivity index is 3.28. The lowest BCUT2D eigenvalue weighted by atomic mass is 9.89. The van der Waals surface area contributed by atoms with Gasteiger partial charge in [-0.15, -0.1) is 0 Å². The Bertz CT molecular complexity index is 252. The molecule has 0 unspecified atom stereocenters. The molecule has 0 bridgehead atoms. The van der Waals surface area contributed by atoms with E-state index in [9.17, 15) is 0 Å². The Kier molecular flexibility index (Phi) is 9.25. The highest BCUT2D eigenvalue weighted by Gasteiger charge is 2.13. The zero-order chi connectivity index (χ0) is 15.6. The van der Waals surface area contributed by atoms with Gasteiger partial charge in [-0.3, -0.25) is 0 Å². The quantitative estimate of drug-likeness (QED) is 0.463. The topological polar surface area (TPSA) is 12.0 Å². The Morgan fingerprint density at radius 3 is 1.65 bits per heavy atom. The second-order valence-corrected chi connectivity index (χ2v) is 8.44. The summed E-state index contributed by atoms with van der Waals surface area (Å²) in [4.78, 5) is 0. The van der Waals surface area contributed by atoms with Crippen LogP contribution in [0.25, 0.3) is 0 Å². The van der Waals surface area contributed by atoms with Gasteiger partial charge in [0.25, 0.3) is 0 Å². The van der Waals surface area contributed by atoms with E-state index in [0.29, 0.717) is 5.41 Å². The second-order valence-electron chi connectivity index (χ2n) is 8.44. The van der Waals surface area contributed by atoms with Crippen LogP contribution in [0.5, 0.6) is 0 Å². The van der Waals surface area contributed by atoms with Crippen molar-refractivity contribution in [3.05, 3.63) is 12.3 Å². The van der Waals surface area contributed by atoms with Crippen LogP contribution < -0.4 is 5.32 Å². The highest BCUT2D eigenvalue weighted by atomic mass is 14.9. The van der Waals surface area contributed by atoms with E-state index >= 15 is 0 Å². The predicted octanol–water partition coefficient (Wildman–Crippen LogP) is 6.30. The highest BCUT2D eigenvalue weighted by Crippen LogP contribution is 2.23. The summed E-state index contributed by atoms with van der Waals surface area (Å²) >= 11 is 0. The molecule has 0 spiro atoms. The molecule has 0 atom stereocenters. The van der Waals surface area contributed by atoms with Crippen LogP contribution in [0.1, 0.15) is 92.9 Å². The zero-order valence-corrected chi connectivity index (χ0v) is 15.1. The summed E-state index contributed by atoms with van der Waals surface area (Å²) in [7, 11) is 0. The number of unbranched alkanes of at least 4 members (excludes halogenated alkanes) is 6. The van der Waals surface area contributed by atoms with E-state index in [1.165, 1.54) is 57.1 Å². The molecule has 0 rings (SSSR count). The van der Waals surface area contributed by atoms with Crippen molar-refractivity contribution in [1.29, 1.82) is 0 Å². The third kappa shape index (κ3) is 12.6. The van der Waals surface area contributed by atoms with Gasteiger partial charge in [-0.2, -0.15) is 0 Å². The molecule has 0 radical (unpaired) electrons. The van der Waals surface area contributed by atoms with E-state index in [4.69, 9.17) is 0 Å². The molecule has 0 amide bonds. The van der Waals surface area contributed by atoms with E-state index in [-0.39, 0.29) is 5.41 Å². The lowest BCUT2D eigenvalue weighted by Gasteiger charge is -2.23. The molecule has 0 saturated heterocycles. The van der Waals surface area contributed by atoms with Gasteiger partial charge in [-0.1, -0.05) is 86.6 Å². The maximum absolute atomic E-state index is 4.10. The predicted molar refractivity (Wildman–Crippen MR) is 93.0 cm³/mol. The molecule has 0 aromatic carbocycles. The standard InChI is InChI=1S/C19H39N/c1-17(19(5,6)7)20-16-14-12-10-8-9-11-13-15-18(2,3)4/h20H,1,8-16H2,2-7H3. The summed E-state index contributed by atoms with van der Waals surface area (Å²) in [6.45, 7) is 18.8. The molecule has 0 aliphatic carbocycles. The van der Waals surface area contributed by atoms with Crippen molar-refractivity contribution in [2.75, 3.05) is 6.54 Å². The van der Waals surface area contributed by atoms with Gasteiger partial charge in [-0.25, -0.2) is 0 Å². The molecule has 0 fully saturated rings. The van der Waals surface area contributed by atoms with Gasteiger partial charge in [0.1, 0.15) is 0 Å². The zero-order valence-electron chi connectivity index (χ0n) is 15.1. The first-order valence-corrected chi connectivity index (χ1v) is 8.56. The normalized spacial score (nSPS) is 12.5. The smallest absolute Gasteiger partial charge is 0.0143 e. The van der Waals surface area contributed by atoms with Crippen molar-refractivity contribution in [1.82, 2.24) is 5.32 Å². The summed E-state index contributed by atoms with van der Waals surface area (Å²) in [5.41, 5.74) is 1.87. The van der Waals surface area contributed by atoms with Gasteiger partial charge in [0.05, 0.1) is 0 Å².